The SMILES string of the molecule is CCc1ccc(OCC(=O)N/N=C/c2ccc3ccccc3c2)cc1. The number of rotatable bonds is 6. The van der Waals surface area contributed by atoms with Crippen molar-refractivity contribution < 1.29 is 9.53 Å². The minimum Gasteiger partial charge on any atom is -0.484 e. The lowest BCUT2D eigenvalue weighted by Crippen LogP contribution is -2.24. The Labute approximate surface area is 147 Å². The van der Waals surface area contributed by atoms with Gasteiger partial charge in [0, 0.05) is 0 Å². The van der Waals surface area contributed by atoms with E-state index in [-0.39, 0.29) is 12.5 Å². The highest BCUT2D eigenvalue weighted by molar-refractivity contribution is 5.90. The lowest BCUT2D eigenvalue weighted by atomic mass is 10.1. The highest BCUT2D eigenvalue weighted by Crippen LogP contribution is 2.14. The third-order valence-corrected chi connectivity index (χ3v) is 3.88. The maximum Gasteiger partial charge on any atom is 0.277 e. The molecule has 0 heterocycles. The summed E-state index contributed by atoms with van der Waals surface area (Å²) in [6, 6.07) is 21.8. The topological polar surface area (TPSA) is 50.7 Å². The van der Waals surface area contributed by atoms with Crippen molar-refractivity contribution in [3.63, 3.8) is 0 Å². The quantitative estimate of drug-likeness (QED) is 0.549. The van der Waals surface area contributed by atoms with Gasteiger partial charge in [0.15, 0.2) is 6.61 Å². The maximum atomic E-state index is 11.8. The average Bonchev–Trinajstić information content (AvgIpc) is 2.66. The number of carbonyl (C=O) groups excluding carboxylic acids is 1. The Kier molecular flexibility index (Phi) is 5.42. The molecular formula is C21H20N2O2. The second kappa shape index (κ2) is 8.11. The van der Waals surface area contributed by atoms with Crippen LogP contribution in [0.5, 0.6) is 5.75 Å². The summed E-state index contributed by atoms with van der Waals surface area (Å²) in [6.45, 7) is 2.03. The van der Waals surface area contributed by atoms with Gasteiger partial charge in [-0.2, -0.15) is 5.10 Å². The molecule has 1 N–H and O–H groups in total. The van der Waals surface area contributed by atoms with Gasteiger partial charge in [-0.15, -0.1) is 0 Å². The van der Waals surface area contributed by atoms with Crippen molar-refractivity contribution in [2.45, 2.75) is 13.3 Å². The predicted molar refractivity (Wildman–Crippen MR) is 101 cm³/mol. The van der Waals surface area contributed by atoms with E-state index in [1.807, 2.05) is 60.7 Å². The van der Waals surface area contributed by atoms with Gasteiger partial charge in [-0.25, -0.2) is 5.43 Å². The zero-order valence-electron chi connectivity index (χ0n) is 14.1. The highest BCUT2D eigenvalue weighted by Gasteiger charge is 2.01. The summed E-state index contributed by atoms with van der Waals surface area (Å²) in [4.78, 5) is 11.8. The maximum absolute atomic E-state index is 11.8. The van der Waals surface area contributed by atoms with Gasteiger partial charge in [-0.05, 0) is 46.5 Å². The number of hydrogen-bond donors (Lipinski definition) is 1. The number of amides is 1. The number of ether oxygens (including phenoxy) is 1. The van der Waals surface area contributed by atoms with Gasteiger partial charge in [-0.1, -0.05) is 55.5 Å². The van der Waals surface area contributed by atoms with Crippen LogP contribution in [0.25, 0.3) is 10.8 Å². The zero-order chi connectivity index (χ0) is 17.5. The van der Waals surface area contributed by atoms with Crippen molar-refractivity contribution in [3.05, 3.63) is 77.9 Å². The summed E-state index contributed by atoms with van der Waals surface area (Å²) in [7, 11) is 0. The van der Waals surface area contributed by atoms with Gasteiger partial charge < -0.3 is 4.74 Å². The molecule has 3 rings (SSSR count). The number of fused-ring (bicyclic) bond motifs is 1. The van der Waals surface area contributed by atoms with Crippen LogP contribution < -0.4 is 10.2 Å². The Morgan fingerprint density at radius 3 is 2.56 bits per heavy atom. The molecule has 0 fully saturated rings. The lowest BCUT2D eigenvalue weighted by molar-refractivity contribution is -0.123. The second-order valence-corrected chi connectivity index (χ2v) is 5.69. The van der Waals surface area contributed by atoms with E-state index < -0.39 is 0 Å². The Morgan fingerprint density at radius 1 is 1.04 bits per heavy atom. The van der Waals surface area contributed by atoms with Crippen molar-refractivity contribution in [2.24, 2.45) is 5.10 Å². The molecule has 0 aliphatic rings. The Morgan fingerprint density at radius 2 is 1.80 bits per heavy atom. The number of nitrogens with one attached hydrogen (secondary N) is 1. The molecule has 0 unspecified atom stereocenters. The van der Waals surface area contributed by atoms with E-state index in [4.69, 9.17) is 4.74 Å². The first-order valence-electron chi connectivity index (χ1n) is 8.27. The molecule has 0 aliphatic heterocycles. The summed E-state index contributed by atoms with van der Waals surface area (Å²) >= 11 is 0. The standard InChI is InChI=1S/C21H20N2O2/c1-2-16-8-11-20(12-9-16)25-15-21(24)23-22-14-17-7-10-18-5-3-4-6-19(18)13-17/h3-14H,2,15H2,1H3,(H,23,24)/b22-14+. The van der Waals surface area contributed by atoms with Crippen molar-refractivity contribution >= 4 is 22.9 Å². The summed E-state index contributed by atoms with van der Waals surface area (Å²) in [6.07, 6.45) is 2.60. The Bertz CT molecular complexity index is 886. The minimum atomic E-state index is -0.295. The summed E-state index contributed by atoms with van der Waals surface area (Å²) < 4.78 is 5.44. The largest absolute Gasteiger partial charge is 0.484 e. The molecule has 126 valence electrons. The molecule has 0 aliphatic carbocycles. The molecule has 1 amide bonds. The number of hydrazone groups is 1. The van der Waals surface area contributed by atoms with Crippen LogP contribution in [0.4, 0.5) is 0 Å². The first kappa shape index (κ1) is 16.7. The molecule has 0 spiro atoms. The molecule has 4 nitrogen and oxygen atoms in total. The fraction of sp³-hybridized carbons (Fsp3) is 0.143. The molecule has 3 aromatic rings. The zero-order valence-corrected chi connectivity index (χ0v) is 14.1. The van der Waals surface area contributed by atoms with Gasteiger partial charge in [-0.3, -0.25) is 4.79 Å². The summed E-state index contributed by atoms with van der Waals surface area (Å²) in [5, 5.41) is 6.29. The van der Waals surface area contributed by atoms with E-state index in [0.29, 0.717) is 5.75 Å². The van der Waals surface area contributed by atoms with Gasteiger partial charge in [0.2, 0.25) is 0 Å². The van der Waals surface area contributed by atoms with Crippen LogP contribution in [-0.2, 0) is 11.2 Å². The molecule has 4 heteroatoms. The van der Waals surface area contributed by atoms with Gasteiger partial charge >= 0.3 is 0 Å². The van der Waals surface area contributed by atoms with Crippen LogP contribution >= 0.6 is 0 Å². The number of benzene rings is 3. The molecule has 3 aromatic carbocycles. The number of hydrogen-bond acceptors (Lipinski definition) is 3. The Balaban J connectivity index is 1.51. The molecule has 0 atom stereocenters. The molecular weight excluding hydrogens is 312 g/mol. The van der Waals surface area contributed by atoms with Crippen LogP contribution in [0.1, 0.15) is 18.1 Å². The Hall–Kier alpha value is -3.14. The van der Waals surface area contributed by atoms with Crippen LogP contribution in [0.15, 0.2) is 71.8 Å². The van der Waals surface area contributed by atoms with E-state index >= 15 is 0 Å². The van der Waals surface area contributed by atoms with Crippen LogP contribution in [0.3, 0.4) is 0 Å². The molecule has 0 radical (unpaired) electrons. The fourth-order valence-electron chi connectivity index (χ4n) is 2.47. The normalized spacial score (nSPS) is 10.9. The van der Waals surface area contributed by atoms with Crippen LogP contribution in [0, 0.1) is 0 Å². The van der Waals surface area contributed by atoms with Crippen LogP contribution in [0.2, 0.25) is 0 Å². The predicted octanol–water partition coefficient (Wildman–Crippen LogP) is 3.93. The van der Waals surface area contributed by atoms with E-state index in [1.165, 1.54) is 10.9 Å². The van der Waals surface area contributed by atoms with E-state index in [9.17, 15) is 4.79 Å². The number of carbonyl (C=O) groups is 1. The van der Waals surface area contributed by atoms with Crippen LogP contribution in [-0.4, -0.2) is 18.7 Å². The lowest BCUT2D eigenvalue weighted by Gasteiger charge is -2.05. The third-order valence-electron chi connectivity index (χ3n) is 3.88. The van der Waals surface area contributed by atoms with Crippen molar-refractivity contribution in [2.75, 3.05) is 6.61 Å². The average molecular weight is 332 g/mol. The van der Waals surface area contributed by atoms with E-state index in [0.717, 1.165) is 17.4 Å². The molecule has 0 bridgehead atoms. The monoisotopic (exact) mass is 332 g/mol. The van der Waals surface area contributed by atoms with Gasteiger partial charge in [0.05, 0.1) is 6.21 Å². The summed E-state index contributed by atoms with van der Waals surface area (Å²) in [5.74, 6) is 0.377. The first-order valence-corrected chi connectivity index (χ1v) is 8.27. The van der Waals surface area contributed by atoms with Crippen molar-refractivity contribution in [1.29, 1.82) is 0 Å². The molecule has 25 heavy (non-hydrogen) atoms. The molecule has 0 saturated heterocycles. The summed E-state index contributed by atoms with van der Waals surface area (Å²) in [5.41, 5.74) is 4.64. The number of nitrogens with zero attached hydrogens (tertiary/aromatic N) is 1. The van der Waals surface area contributed by atoms with Gasteiger partial charge in [0.25, 0.3) is 5.91 Å². The minimum absolute atomic E-state index is 0.0689. The number of aryl methyl sites for hydroxylation is 1. The fourth-order valence-corrected chi connectivity index (χ4v) is 2.47. The smallest absolute Gasteiger partial charge is 0.277 e. The molecule has 0 saturated carbocycles. The third kappa shape index (κ3) is 4.67. The second-order valence-electron chi connectivity index (χ2n) is 5.69. The van der Waals surface area contributed by atoms with E-state index in [1.54, 1.807) is 6.21 Å². The highest BCUT2D eigenvalue weighted by atomic mass is 16.5. The first-order chi connectivity index (χ1) is 12.2. The van der Waals surface area contributed by atoms with Crippen molar-refractivity contribution in [3.8, 4) is 5.75 Å². The van der Waals surface area contributed by atoms with Crippen molar-refractivity contribution in [1.82, 2.24) is 5.43 Å². The van der Waals surface area contributed by atoms with E-state index in [2.05, 4.69) is 23.5 Å². The van der Waals surface area contributed by atoms with Gasteiger partial charge in [0.1, 0.15) is 5.75 Å². The molecule has 0 aromatic heterocycles.